The number of hydrogen-bond donors (Lipinski definition) is 2. The van der Waals surface area contributed by atoms with E-state index in [9.17, 15) is 4.79 Å². The zero-order valence-corrected chi connectivity index (χ0v) is 13.9. The number of nitrogens with zero attached hydrogens (tertiary/aromatic N) is 3. The van der Waals surface area contributed by atoms with E-state index in [1.54, 1.807) is 25.4 Å². The average Bonchev–Trinajstić information content (AvgIpc) is 3.12. The van der Waals surface area contributed by atoms with Crippen LogP contribution in [0, 0.1) is 6.92 Å². The quantitative estimate of drug-likeness (QED) is 0.895. The molecule has 0 spiro atoms. The largest absolute Gasteiger partial charge is 0.496 e. The molecule has 1 aliphatic heterocycles. The Hall–Kier alpha value is -2.83. The molecule has 1 fully saturated rings. The molecule has 1 aromatic heterocycles. The van der Waals surface area contributed by atoms with Gasteiger partial charge in [-0.1, -0.05) is 0 Å². The maximum atomic E-state index is 12.7. The van der Waals surface area contributed by atoms with Gasteiger partial charge in [-0.3, -0.25) is 4.79 Å². The van der Waals surface area contributed by atoms with Crippen LogP contribution >= 0.6 is 0 Å². The van der Waals surface area contributed by atoms with Gasteiger partial charge in [0.05, 0.1) is 12.7 Å². The van der Waals surface area contributed by atoms with Crippen molar-refractivity contribution in [2.75, 3.05) is 31.2 Å². The monoisotopic (exact) mass is 327 g/mol. The molecule has 1 amide bonds. The number of aromatic nitrogens is 2. The molecule has 0 aliphatic carbocycles. The average molecular weight is 327 g/mol. The standard InChI is InChI=1S/C17H21N5O2/c1-11-10-19-17(21-15(11)18)20-12-5-6-14(24-2)13(9-12)16(23)22-7-3-4-8-22/h5-6,9-10H,3-4,7-8H2,1-2H3,(H3,18,19,20,21). The topological polar surface area (TPSA) is 93.4 Å². The molecular formula is C17H21N5O2. The van der Waals surface area contributed by atoms with Gasteiger partial charge in [0.2, 0.25) is 5.95 Å². The van der Waals surface area contributed by atoms with Crippen molar-refractivity contribution in [2.45, 2.75) is 19.8 Å². The fourth-order valence-corrected chi connectivity index (χ4v) is 2.69. The highest BCUT2D eigenvalue weighted by Crippen LogP contribution is 2.27. The number of ether oxygens (including phenoxy) is 1. The third kappa shape index (κ3) is 3.24. The molecule has 0 unspecified atom stereocenters. The Morgan fingerprint density at radius 3 is 2.75 bits per heavy atom. The molecule has 7 nitrogen and oxygen atoms in total. The predicted molar refractivity (Wildman–Crippen MR) is 92.6 cm³/mol. The molecule has 24 heavy (non-hydrogen) atoms. The lowest BCUT2D eigenvalue weighted by Crippen LogP contribution is -2.28. The zero-order valence-electron chi connectivity index (χ0n) is 13.9. The second-order valence-corrected chi connectivity index (χ2v) is 5.80. The van der Waals surface area contributed by atoms with Crippen LogP contribution in [0.2, 0.25) is 0 Å². The van der Waals surface area contributed by atoms with Crippen molar-refractivity contribution in [3.63, 3.8) is 0 Å². The van der Waals surface area contributed by atoms with Gasteiger partial charge in [0, 0.05) is 30.5 Å². The van der Waals surface area contributed by atoms with Gasteiger partial charge in [-0.15, -0.1) is 0 Å². The summed E-state index contributed by atoms with van der Waals surface area (Å²) in [6, 6.07) is 5.35. The first-order chi connectivity index (χ1) is 11.6. The number of carbonyl (C=O) groups excluding carboxylic acids is 1. The SMILES string of the molecule is COc1ccc(Nc2ncc(C)c(N)n2)cc1C(=O)N1CCCC1. The molecule has 0 atom stereocenters. The predicted octanol–water partition coefficient (Wildman–Crippen LogP) is 2.36. The van der Waals surface area contributed by atoms with Crippen molar-refractivity contribution in [1.29, 1.82) is 0 Å². The van der Waals surface area contributed by atoms with E-state index in [1.807, 2.05) is 17.9 Å². The maximum absolute atomic E-state index is 12.7. The molecule has 0 bridgehead atoms. The molecule has 0 radical (unpaired) electrons. The van der Waals surface area contributed by atoms with E-state index >= 15 is 0 Å². The number of hydrogen-bond acceptors (Lipinski definition) is 6. The van der Waals surface area contributed by atoms with Crippen LogP contribution in [-0.2, 0) is 0 Å². The Morgan fingerprint density at radius 2 is 2.08 bits per heavy atom. The summed E-state index contributed by atoms with van der Waals surface area (Å²) in [7, 11) is 1.56. The minimum atomic E-state index is -0.0164. The smallest absolute Gasteiger partial charge is 0.257 e. The number of amides is 1. The Labute approximate surface area is 140 Å². The number of methoxy groups -OCH3 is 1. The molecule has 3 N–H and O–H groups in total. The van der Waals surface area contributed by atoms with Crippen molar-refractivity contribution in [2.24, 2.45) is 0 Å². The second-order valence-electron chi connectivity index (χ2n) is 5.80. The highest BCUT2D eigenvalue weighted by Gasteiger charge is 2.22. The van der Waals surface area contributed by atoms with Crippen molar-refractivity contribution >= 4 is 23.4 Å². The zero-order chi connectivity index (χ0) is 17.1. The van der Waals surface area contributed by atoms with Gasteiger partial charge in [0.1, 0.15) is 11.6 Å². The second kappa shape index (κ2) is 6.74. The van der Waals surface area contributed by atoms with E-state index in [1.165, 1.54) is 0 Å². The third-order valence-electron chi connectivity index (χ3n) is 4.09. The summed E-state index contributed by atoms with van der Waals surface area (Å²) in [5.41, 5.74) is 7.87. The number of carbonyl (C=O) groups is 1. The number of nitrogen functional groups attached to an aromatic ring is 1. The highest BCUT2D eigenvalue weighted by molar-refractivity contribution is 5.98. The third-order valence-corrected chi connectivity index (χ3v) is 4.09. The van der Waals surface area contributed by atoms with Crippen LogP contribution in [0.4, 0.5) is 17.5 Å². The summed E-state index contributed by atoms with van der Waals surface area (Å²) in [6.45, 7) is 3.42. The minimum Gasteiger partial charge on any atom is -0.496 e. The van der Waals surface area contributed by atoms with Crippen molar-refractivity contribution < 1.29 is 9.53 Å². The van der Waals surface area contributed by atoms with Crippen LogP contribution in [0.1, 0.15) is 28.8 Å². The summed E-state index contributed by atoms with van der Waals surface area (Å²) in [6.07, 6.45) is 3.75. The number of anilines is 3. The molecule has 1 saturated heterocycles. The van der Waals surface area contributed by atoms with E-state index in [0.29, 0.717) is 28.8 Å². The van der Waals surface area contributed by atoms with Crippen LogP contribution in [0.25, 0.3) is 0 Å². The fourth-order valence-electron chi connectivity index (χ4n) is 2.69. The van der Waals surface area contributed by atoms with E-state index in [2.05, 4.69) is 15.3 Å². The van der Waals surface area contributed by atoms with Gasteiger partial charge < -0.3 is 20.7 Å². The number of nitrogens with one attached hydrogen (secondary N) is 1. The van der Waals surface area contributed by atoms with E-state index in [0.717, 1.165) is 31.5 Å². The van der Waals surface area contributed by atoms with Gasteiger partial charge in [0.15, 0.2) is 0 Å². The molecule has 1 aromatic carbocycles. The van der Waals surface area contributed by atoms with Crippen LogP contribution in [0.15, 0.2) is 24.4 Å². The normalized spacial score (nSPS) is 13.8. The maximum Gasteiger partial charge on any atom is 0.257 e. The van der Waals surface area contributed by atoms with E-state index in [4.69, 9.17) is 10.5 Å². The van der Waals surface area contributed by atoms with Crippen LogP contribution in [-0.4, -0.2) is 41.0 Å². The van der Waals surface area contributed by atoms with Gasteiger partial charge in [-0.05, 0) is 38.0 Å². The Morgan fingerprint density at radius 1 is 1.33 bits per heavy atom. The lowest BCUT2D eigenvalue weighted by molar-refractivity contribution is 0.0789. The van der Waals surface area contributed by atoms with Crippen LogP contribution in [0.5, 0.6) is 5.75 Å². The first kappa shape index (κ1) is 16.0. The molecule has 2 heterocycles. The molecule has 7 heteroatoms. The van der Waals surface area contributed by atoms with E-state index in [-0.39, 0.29) is 5.91 Å². The summed E-state index contributed by atoms with van der Waals surface area (Å²) in [5, 5.41) is 3.08. The van der Waals surface area contributed by atoms with Gasteiger partial charge >= 0.3 is 0 Å². The summed E-state index contributed by atoms with van der Waals surface area (Å²) < 4.78 is 5.34. The Kier molecular flexibility index (Phi) is 4.50. The number of rotatable bonds is 4. The van der Waals surface area contributed by atoms with Crippen molar-refractivity contribution in [3.8, 4) is 5.75 Å². The number of benzene rings is 1. The van der Waals surface area contributed by atoms with Gasteiger partial charge in [0.25, 0.3) is 5.91 Å². The Balaban J connectivity index is 1.87. The summed E-state index contributed by atoms with van der Waals surface area (Å²) in [5.74, 6) is 1.36. The number of nitrogens with two attached hydrogens (primary N) is 1. The van der Waals surface area contributed by atoms with Crippen molar-refractivity contribution in [1.82, 2.24) is 14.9 Å². The first-order valence-corrected chi connectivity index (χ1v) is 7.92. The van der Waals surface area contributed by atoms with E-state index < -0.39 is 0 Å². The molecule has 126 valence electrons. The highest BCUT2D eigenvalue weighted by atomic mass is 16.5. The number of likely N-dealkylation sites (tertiary alicyclic amines) is 1. The lowest BCUT2D eigenvalue weighted by Gasteiger charge is -2.18. The molecule has 3 rings (SSSR count). The van der Waals surface area contributed by atoms with Gasteiger partial charge in [-0.25, -0.2) is 4.98 Å². The molecule has 0 saturated carbocycles. The van der Waals surface area contributed by atoms with Crippen LogP contribution in [0.3, 0.4) is 0 Å². The van der Waals surface area contributed by atoms with Crippen LogP contribution < -0.4 is 15.8 Å². The first-order valence-electron chi connectivity index (χ1n) is 7.92. The molecule has 2 aromatic rings. The van der Waals surface area contributed by atoms with Crippen molar-refractivity contribution in [3.05, 3.63) is 35.5 Å². The number of aryl methyl sites for hydroxylation is 1. The van der Waals surface area contributed by atoms with Gasteiger partial charge in [-0.2, -0.15) is 4.98 Å². The summed E-state index contributed by atoms with van der Waals surface area (Å²) >= 11 is 0. The fraction of sp³-hybridized carbons (Fsp3) is 0.353. The minimum absolute atomic E-state index is 0.0164. The Bertz CT molecular complexity index is 757. The molecule has 1 aliphatic rings. The lowest BCUT2D eigenvalue weighted by atomic mass is 10.1. The molecular weight excluding hydrogens is 306 g/mol. The summed E-state index contributed by atoms with van der Waals surface area (Å²) in [4.78, 5) is 22.9.